The number of halogens is 1. The van der Waals surface area contributed by atoms with Crippen LogP contribution in [0.5, 0.6) is 0 Å². The molecule has 2 aromatic rings. The lowest BCUT2D eigenvalue weighted by Crippen LogP contribution is -2.15. The molecule has 2 rings (SSSR count). The van der Waals surface area contributed by atoms with Gasteiger partial charge in [0.25, 0.3) is 0 Å². The number of rotatable bonds is 4. The summed E-state index contributed by atoms with van der Waals surface area (Å²) < 4.78 is 6.23. The summed E-state index contributed by atoms with van der Waals surface area (Å²) >= 11 is 6.09. The molecular weight excluding hydrogens is 270 g/mol. The van der Waals surface area contributed by atoms with E-state index in [0.717, 1.165) is 0 Å². The van der Waals surface area contributed by atoms with Crippen LogP contribution in [-0.4, -0.2) is 32.4 Å². The summed E-state index contributed by atoms with van der Waals surface area (Å²) in [4.78, 5) is 15.2. The Labute approximate surface area is 114 Å². The van der Waals surface area contributed by atoms with Gasteiger partial charge >= 0.3 is 5.97 Å². The van der Waals surface area contributed by atoms with Gasteiger partial charge in [-0.3, -0.25) is 0 Å². The van der Waals surface area contributed by atoms with E-state index in [1.807, 2.05) is 0 Å². The van der Waals surface area contributed by atoms with Crippen molar-refractivity contribution >= 4 is 17.6 Å². The third-order valence-corrected chi connectivity index (χ3v) is 2.77. The molecular formula is C12H12ClN3O3. The number of esters is 1. The summed E-state index contributed by atoms with van der Waals surface area (Å²) in [6.45, 7) is 1.88. The zero-order valence-electron chi connectivity index (χ0n) is 10.2. The molecule has 0 aliphatic heterocycles. The highest BCUT2D eigenvalue weighted by molar-refractivity contribution is 6.32. The van der Waals surface area contributed by atoms with E-state index in [1.165, 1.54) is 23.4 Å². The number of hydrogen-bond acceptors (Lipinski definition) is 5. The second kappa shape index (κ2) is 5.81. The molecule has 6 nitrogen and oxygen atoms in total. The van der Waals surface area contributed by atoms with Gasteiger partial charge in [0.05, 0.1) is 17.3 Å². The van der Waals surface area contributed by atoms with Gasteiger partial charge in [-0.2, -0.15) is 5.10 Å². The molecule has 100 valence electrons. The Morgan fingerprint density at radius 2 is 2.37 bits per heavy atom. The van der Waals surface area contributed by atoms with Gasteiger partial charge in [-0.15, -0.1) is 0 Å². The number of carbonyl (C=O) groups excluding carboxylic acids is 1. The Morgan fingerprint density at radius 1 is 1.58 bits per heavy atom. The van der Waals surface area contributed by atoms with Crippen LogP contribution in [0.4, 0.5) is 0 Å². The van der Waals surface area contributed by atoms with Crippen molar-refractivity contribution in [3.05, 3.63) is 41.4 Å². The van der Waals surface area contributed by atoms with E-state index >= 15 is 0 Å². The molecule has 0 saturated heterocycles. The summed E-state index contributed by atoms with van der Waals surface area (Å²) in [5, 5.41) is 14.1. The van der Waals surface area contributed by atoms with Gasteiger partial charge in [-0.05, 0) is 24.6 Å². The minimum absolute atomic E-state index is 0.209. The van der Waals surface area contributed by atoms with Gasteiger partial charge in [-0.25, -0.2) is 14.5 Å². The first kappa shape index (κ1) is 13.5. The number of nitrogens with zero attached hydrogens (tertiary/aromatic N) is 3. The molecule has 0 aliphatic rings. The van der Waals surface area contributed by atoms with E-state index in [-0.39, 0.29) is 6.61 Å². The monoisotopic (exact) mass is 281 g/mol. The van der Waals surface area contributed by atoms with Crippen molar-refractivity contribution in [1.82, 2.24) is 14.8 Å². The van der Waals surface area contributed by atoms with Crippen molar-refractivity contribution in [2.75, 3.05) is 6.61 Å². The molecule has 1 aromatic carbocycles. The first-order valence-corrected chi connectivity index (χ1v) is 6.00. The molecule has 0 radical (unpaired) electrons. The summed E-state index contributed by atoms with van der Waals surface area (Å²) in [5.74, 6) is -0.702. The maximum Gasteiger partial charge on any atom is 0.339 e. The zero-order valence-corrected chi connectivity index (χ0v) is 10.9. The Balaban J connectivity index is 2.26. The maximum absolute atomic E-state index is 11.4. The van der Waals surface area contributed by atoms with E-state index in [1.54, 1.807) is 19.1 Å². The maximum atomic E-state index is 11.4. The summed E-state index contributed by atoms with van der Waals surface area (Å²) in [6, 6.07) is 4.74. The number of aliphatic hydroxyl groups is 1. The summed E-state index contributed by atoms with van der Waals surface area (Å²) in [5.41, 5.74) is 0.978. The smallest absolute Gasteiger partial charge is 0.339 e. The molecule has 0 spiro atoms. The van der Waals surface area contributed by atoms with E-state index in [0.29, 0.717) is 16.3 Å². The number of aliphatic hydroxyl groups excluding tert-OH is 1. The Morgan fingerprint density at radius 3 is 2.95 bits per heavy atom. The van der Waals surface area contributed by atoms with Gasteiger partial charge in [0.15, 0.2) is 6.10 Å². The minimum atomic E-state index is -1.35. The Kier molecular flexibility index (Phi) is 4.13. The van der Waals surface area contributed by atoms with Crippen LogP contribution in [0.25, 0.3) is 5.69 Å². The fourth-order valence-corrected chi connectivity index (χ4v) is 1.84. The van der Waals surface area contributed by atoms with Crippen LogP contribution in [0, 0.1) is 0 Å². The van der Waals surface area contributed by atoms with E-state index in [9.17, 15) is 9.90 Å². The van der Waals surface area contributed by atoms with Crippen LogP contribution in [0.3, 0.4) is 0 Å². The molecule has 0 fully saturated rings. The highest BCUT2D eigenvalue weighted by atomic mass is 35.5. The highest BCUT2D eigenvalue weighted by Crippen LogP contribution is 2.24. The third kappa shape index (κ3) is 2.91. The summed E-state index contributed by atoms with van der Waals surface area (Å²) in [7, 11) is 0. The normalized spacial score (nSPS) is 12.2. The fourth-order valence-electron chi connectivity index (χ4n) is 1.57. The molecule has 0 bridgehead atoms. The highest BCUT2D eigenvalue weighted by Gasteiger charge is 2.19. The molecule has 1 aromatic heterocycles. The first-order chi connectivity index (χ1) is 9.13. The Bertz CT molecular complexity index is 572. The van der Waals surface area contributed by atoms with Crippen LogP contribution < -0.4 is 0 Å². The Hall–Kier alpha value is -1.92. The fraction of sp³-hybridized carbons (Fsp3) is 0.250. The molecule has 1 unspecified atom stereocenters. The number of aromatic nitrogens is 3. The standard InChI is InChI=1S/C12H12ClN3O3/c1-2-19-12(18)11(17)8-3-4-10(9(13)5-8)16-7-14-6-15-16/h3-7,11,17H,2H2,1H3. The largest absolute Gasteiger partial charge is 0.464 e. The van der Waals surface area contributed by atoms with Crippen LogP contribution >= 0.6 is 11.6 Å². The second-order valence-electron chi connectivity index (χ2n) is 3.71. The van der Waals surface area contributed by atoms with Gasteiger partial charge in [0, 0.05) is 0 Å². The lowest BCUT2D eigenvalue weighted by molar-refractivity contribution is -0.153. The van der Waals surface area contributed by atoms with Gasteiger partial charge in [-0.1, -0.05) is 17.7 Å². The lowest BCUT2D eigenvalue weighted by Gasteiger charge is -2.11. The number of hydrogen-bond donors (Lipinski definition) is 1. The van der Waals surface area contributed by atoms with Gasteiger partial charge < -0.3 is 9.84 Å². The average Bonchev–Trinajstić information content (AvgIpc) is 2.91. The quantitative estimate of drug-likeness (QED) is 0.860. The predicted octanol–water partition coefficient (Wildman–Crippen LogP) is 1.52. The van der Waals surface area contributed by atoms with Gasteiger partial charge in [0.1, 0.15) is 12.7 Å². The van der Waals surface area contributed by atoms with E-state index in [4.69, 9.17) is 16.3 Å². The van der Waals surface area contributed by atoms with E-state index in [2.05, 4.69) is 10.1 Å². The van der Waals surface area contributed by atoms with Crippen LogP contribution in [-0.2, 0) is 9.53 Å². The second-order valence-corrected chi connectivity index (χ2v) is 4.11. The van der Waals surface area contributed by atoms with Crippen LogP contribution in [0.1, 0.15) is 18.6 Å². The molecule has 0 saturated carbocycles. The van der Waals surface area contributed by atoms with Crippen LogP contribution in [0.2, 0.25) is 5.02 Å². The van der Waals surface area contributed by atoms with Crippen molar-refractivity contribution in [2.24, 2.45) is 0 Å². The molecule has 7 heteroatoms. The topological polar surface area (TPSA) is 77.2 Å². The zero-order chi connectivity index (χ0) is 13.8. The van der Waals surface area contributed by atoms with Crippen molar-refractivity contribution in [2.45, 2.75) is 13.0 Å². The molecule has 19 heavy (non-hydrogen) atoms. The SMILES string of the molecule is CCOC(=O)C(O)c1ccc(-n2cncn2)c(Cl)c1. The minimum Gasteiger partial charge on any atom is -0.464 e. The average molecular weight is 282 g/mol. The van der Waals surface area contributed by atoms with Crippen molar-refractivity contribution in [3.8, 4) is 5.69 Å². The first-order valence-electron chi connectivity index (χ1n) is 5.62. The lowest BCUT2D eigenvalue weighted by atomic mass is 10.1. The van der Waals surface area contributed by atoms with Crippen molar-refractivity contribution < 1.29 is 14.6 Å². The van der Waals surface area contributed by atoms with Crippen LogP contribution in [0.15, 0.2) is 30.9 Å². The number of benzene rings is 1. The van der Waals surface area contributed by atoms with Crippen molar-refractivity contribution in [3.63, 3.8) is 0 Å². The van der Waals surface area contributed by atoms with Gasteiger partial charge in [0.2, 0.25) is 0 Å². The molecule has 1 N–H and O–H groups in total. The molecule has 0 aliphatic carbocycles. The van der Waals surface area contributed by atoms with Crippen molar-refractivity contribution in [1.29, 1.82) is 0 Å². The predicted molar refractivity (Wildman–Crippen MR) is 68.0 cm³/mol. The molecule has 1 heterocycles. The number of ether oxygens (including phenoxy) is 1. The van der Waals surface area contributed by atoms with E-state index < -0.39 is 12.1 Å². The molecule has 1 atom stereocenters. The third-order valence-electron chi connectivity index (χ3n) is 2.46. The molecule has 0 amide bonds. The number of carbonyl (C=O) groups is 1. The summed E-state index contributed by atoms with van der Waals surface area (Å²) in [6.07, 6.45) is 1.54.